The van der Waals surface area contributed by atoms with Crippen LogP contribution in [0.3, 0.4) is 0 Å². The van der Waals surface area contributed by atoms with Crippen molar-refractivity contribution in [1.82, 2.24) is 20.8 Å². The van der Waals surface area contributed by atoms with E-state index in [2.05, 4.69) is 20.8 Å². The molecule has 0 fully saturated rings. The van der Waals surface area contributed by atoms with Crippen molar-refractivity contribution >= 4 is 29.1 Å². The second-order valence-corrected chi connectivity index (χ2v) is 4.67. The number of carbonyl (C=O) groups is 2. The summed E-state index contributed by atoms with van der Waals surface area (Å²) in [6.45, 7) is 0. The maximum atomic E-state index is 11.9. The predicted octanol–water partition coefficient (Wildman–Crippen LogP) is 1.12. The van der Waals surface area contributed by atoms with Crippen LogP contribution in [-0.4, -0.2) is 33.8 Å². The van der Waals surface area contributed by atoms with Crippen molar-refractivity contribution in [3.05, 3.63) is 57.0 Å². The molecule has 0 spiro atoms. The number of carbonyl (C=O) groups excluding carboxylic acids is 2. The third-order valence-electron chi connectivity index (χ3n) is 2.76. The van der Waals surface area contributed by atoms with Gasteiger partial charge in [0.2, 0.25) is 0 Å². The number of pyridine rings is 2. The standard InChI is InChI=1S/C13H10ClN5O5/c1-24-13-9(19(22)23)4-8(6-16-13)12(21)18-17-11(20)7-2-3-10(14)15-5-7/h2-6H,1H3,(H,17,20)(H,18,21). The van der Waals surface area contributed by atoms with Crippen LogP contribution < -0.4 is 15.6 Å². The lowest BCUT2D eigenvalue weighted by molar-refractivity contribution is -0.386. The minimum atomic E-state index is -0.788. The number of methoxy groups -OCH3 is 1. The van der Waals surface area contributed by atoms with Crippen molar-refractivity contribution in [1.29, 1.82) is 0 Å². The SMILES string of the molecule is COc1ncc(C(=O)NNC(=O)c2ccc(Cl)nc2)cc1[N+](=O)[O-]. The zero-order valence-corrected chi connectivity index (χ0v) is 12.9. The summed E-state index contributed by atoms with van der Waals surface area (Å²) in [7, 11) is 1.22. The number of ether oxygens (including phenoxy) is 1. The van der Waals surface area contributed by atoms with Gasteiger partial charge in [-0.1, -0.05) is 11.6 Å². The van der Waals surface area contributed by atoms with Gasteiger partial charge in [-0.2, -0.15) is 0 Å². The lowest BCUT2D eigenvalue weighted by Crippen LogP contribution is -2.41. The summed E-state index contributed by atoms with van der Waals surface area (Å²) in [5, 5.41) is 11.1. The van der Waals surface area contributed by atoms with E-state index in [0.29, 0.717) is 0 Å². The Hall–Kier alpha value is -3.27. The molecule has 0 aliphatic carbocycles. The first-order valence-electron chi connectivity index (χ1n) is 6.33. The number of nitro groups is 1. The van der Waals surface area contributed by atoms with E-state index in [1.165, 1.54) is 25.4 Å². The number of halogens is 1. The highest BCUT2D eigenvalue weighted by atomic mass is 35.5. The summed E-state index contributed by atoms with van der Waals surface area (Å²) in [6, 6.07) is 3.81. The van der Waals surface area contributed by atoms with Crippen LogP contribution in [0.1, 0.15) is 20.7 Å². The van der Waals surface area contributed by atoms with E-state index >= 15 is 0 Å². The Labute approximate surface area is 139 Å². The molecule has 2 heterocycles. The maximum absolute atomic E-state index is 11.9. The van der Waals surface area contributed by atoms with E-state index in [4.69, 9.17) is 16.3 Å². The van der Waals surface area contributed by atoms with Crippen LogP contribution in [0, 0.1) is 10.1 Å². The Morgan fingerprint density at radius 3 is 2.33 bits per heavy atom. The van der Waals surface area contributed by atoms with E-state index in [1.54, 1.807) is 0 Å². The van der Waals surface area contributed by atoms with Gasteiger partial charge in [0.05, 0.1) is 23.2 Å². The summed E-state index contributed by atoms with van der Waals surface area (Å²) >= 11 is 5.60. The molecule has 11 heteroatoms. The molecule has 24 heavy (non-hydrogen) atoms. The molecule has 10 nitrogen and oxygen atoms in total. The van der Waals surface area contributed by atoms with Crippen LogP contribution in [0.5, 0.6) is 5.88 Å². The summed E-state index contributed by atoms with van der Waals surface area (Å²) in [5.41, 5.74) is 3.82. The Balaban J connectivity index is 2.07. The van der Waals surface area contributed by atoms with E-state index in [9.17, 15) is 19.7 Å². The largest absolute Gasteiger partial charge is 0.476 e. The second kappa shape index (κ2) is 7.33. The summed E-state index contributed by atoms with van der Waals surface area (Å²) in [5.74, 6) is -1.65. The van der Waals surface area contributed by atoms with Crippen LogP contribution in [0.2, 0.25) is 5.15 Å². The fraction of sp³-hybridized carbons (Fsp3) is 0.0769. The zero-order valence-electron chi connectivity index (χ0n) is 12.1. The highest BCUT2D eigenvalue weighted by molar-refractivity contribution is 6.29. The molecule has 0 aliphatic heterocycles. The van der Waals surface area contributed by atoms with Crippen molar-refractivity contribution in [3.63, 3.8) is 0 Å². The highest BCUT2D eigenvalue weighted by Gasteiger charge is 2.20. The Kier molecular flexibility index (Phi) is 5.22. The van der Waals surface area contributed by atoms with E-state index in [1.807, 2.05) is 0 Å². The predicted molar refractivity (Wildman–Crippen MR) is 81.6 cm³/mol. The van der Waals surface area contributed by atoms with Gasteiger partial charge in [-0.25, -0.2) is 9.97 Å². The first kappa shape index (κ1) is 17.1. The quantitative estimate of drug-likeness (QED) is 0.478. The lowest BCUT2D eigenvalue weighted by Gasteiger charge is -2.07. The molecule has 0 aliphatic rings. The number of nitrogens with one attached hydrogen (secondary N) is 2. The van der Waals surface area contributed by atoms with Crippen LogP contribution in [0.4, 0.5) is 5.69 Å². The monoisotopic (exact) mass is 351 g/mol. The number of nitrogens with zero attached hydrogens (tertiary/aromatic N) is 3. The Morgan fingerprint density at radius 2 is 1.79 bits per heavy atom. The summed E-state index contributed by atoms with van der Waals surface area (Å²) in [4.78, 5) is 41.3. The Bertz CT molecular complexity index is 796. The van der Waals surface area contributed by atoms with E-state index in [0.717, 1.165) is 12.3 Å². The van der Waals surface area contributed by atoms with Gasteiger partial charge in [0.25, 0.3) is 17.7 Å². The van der Waals surface area contributed by atoms with Gasteiger partial charge in [0.15, 0.2) is 0 Å². The number of hydrogen-bond acceptors (Lipinski definition) is 7. The normalized spacial score (nSPS) is 9.92. The smallest absolute Gasteiger partial charge is 0.331 e. The molecule has 124 valence electrons. The second-order valence-electron chi connectivity index (χ2n) is 4.29. The Morgan fingerprint density at radius 1 is 1.17 bits per heavy atom. The van der Waals surface area contributed by atoms with Crippen molar-refractivity contribution in [2.45, 2.75) is 0 Å². The molecule has 2 amide bonds. The molecule has 2 aromatic rings. The molecule has 0 saturated heterocycles. The van der Waals surface area contributed by atoms with Crippen LogP contribution in [0.15, 0.2) is 30.6 Å². The van der Waals surface area contributed by atoms with Gasteiger partial charge in [0.1, 0.15) is 5.15 Å². The third kappa shape index (κ3) is 3.93. The number of hydrazine groups is 1. The average molecular weight is 352 g/mol. The van der Waals surface area contributed by atoms with Crippen LogP contribution >= 0.6 is 11.6 Å². The van der Waals surface area contributed by atoms with Crippen molar-refractivity contribution in [2.24, 2.45) is 0 Å². The molecule has 0 aromatic carbocycles. The topological polar surface area (TPSA) is 136 Å². The fourth-order valence-electron chi connectivity index (χ4n) is 1.62. The van der Waals surface area contributed by atoms with Gasteiger partial charge < -0.3 is 4.74 Å². The van der Waals surface area contributed by atoms with Gasteiger partial charge in [-0.3, -0.25) is 30.6 Å². The van der Waals surface area contributed by atoms with Gasteiger partial charge in [-0.05, 0) is 12.1 Å². The summed E-state index contributed by atoms with van der Waals surface area (Å²) < 4.78 is 4.74. The average Bonchev–Trinajstić information content (AvgIpc) is 2.59. The molecule has 2 aromatic heterocycles. The minimum absolute atomic E-state index is 0.128. The van der Waals surface area contributed by atoms with Crippen molar-refractivity contribution < 1.29 is 19.2 Å². The van der Waals surface area contributed by atoms with Crippen molar-refractivity contribution in [3.8, 4) is 5.88 Å². The first-order chi connectivity index (χ1) is 11.4. The first-order valence-corrected chi connectivity index (χ1v) is 6.71. The van der Waals surface area contributed by atoms with Gasteiger partial charge in [-0.15, -0.1) is 0 Å². The third-order valence-corrected chi connectivity index (χ3v) is 2.99. The van der Waals surface area contributed by atoms with Gasteiger partial charge in [0, 0.05) is 18.5 Å². The molecule has 2 N–H and O–H groups in total. The van der Waals surface area contributed by atoms with Gasteiger partial charge >= 0.3 is 5.69 Å². The molecule has 0 radical (unpaired) electrons. The molecule has 2 rings (SSSR count). The van der Waals surface area contributed by atoms with Crippen LogP contribution in [-0.2, 0) is 0 Å². The molecule has 0 atom stereocenters. The minimum Gasteiger partial charge on any atom is -0.476 e. The molecular formula is C13H10ClN5O5. The molecule has 0 unspecified atom stereocenters. The molecular weight excluding hydrogens is 342 g/mol. The lowest BCUT2D eigenvalue weighted by atomic mass is 10.2. The maximum Gasteiger partial charge on any atom is 0.331 e. The van der Waals surface area contributed by atoms with Crippen molar-refractivity contribution in [2.75, 3.05) is 7.11 Å². The molecule has 0 saturated carbocycles. The number of rotatable bonds is 4. The molecule has 0 bridgehead atoms. The number of hydrogen-bond donors (Lipinski definition) is 2. The number of amides is 2. The van der Waals surface area contributed by atoms with E-state index in [-0.39, 0.29) is 22.2 Å². The zero-order chi connectivity index (χ0) is 17.7. The van der Waals surface area contributed by atoms with Crippen LogP contribution in [0.25, 0.3) is 0 Å². The number of aromatic nitrogens is 2. The highest BCUT2D eigenvalue weighted by Crippen LogP contribution is 2.24. The summed E-state index contributed by atoms with van der Waals surface area (Å²) in [6.07, 6.45) is 2.31. The fourth-order valence-corrected chi connectivity index (χ4v) is 1.73. The van der Waals surface area contributed by atoms with E-state index < -0.39 is 22.4 Å².